The Morgan fingerprint density at radius 2 is 1.28 bits per heavy atom. The van der Waals surface area contributed by atoms with E-state index in [1.165, 1.54) is 17.0 Å². The minimum absolute atomic E-state index is 0. The normalized spacial score (nSPS) is 10.2. The standard InChI is InChI=1S/C10H13NO2.C10H14O.C9H13NS.C9H13N.CH4/c1-7(2)9-5-4-8(3)10(6-9)11(12)13;1-8(2)9-6-4-5-7-10(9)11-3;1-7(2)8-5-4-6-9(10-8)11-3;1-7(2)9-6-4-5-8(3)10-9;/h4-7H,1-3H3;4-8H,1-3H3;4-7H,1-3H3;4-7H,1-3H3;1H4. The molecular formula is C39H57N3O3S. The van der Waals surface area contributed by atoms with E-state index in [-0.39, 0.29) is 18.0 Å². The predicted octanol–water partition coefficient (Wildman–Crippen LogP) is 11.9. The van der Waals surface area contributed by atoms with Crippen LogP contribution in [0, 0.1) is 24.0 Å². The van der Waals surface area contributed by atoms with E-state index < -0.39 is 0 Å². The van der Waals surface area contributed by atoms with Crippen LogP contribution in [-0.4, -0.2) is 28.3 Å². The van der Waals surface area contributed by atoms with Crippen molar-refractivity contribution >= 4 is 17.4 Å². The summed E-state index contributed by atoms with van der Waals surface area (Å²) in [5.74, 6) is 2.93. The quantitative estimate of drug-likeness (QED) is 0.113. The summed E-state index contributed by atoms with van der Waals surface area (Å²) in [6.45, 7) is 20.8. The molecule has 2 heterocycles. The van der Waals surface area contributed by atoms with Crippen LogP contribution in [0.2, 0.25) is 0 Å². The molecule has 46 heavy (non-hydrogen) atoms. The summed E-state index contributed by atoms with van der Waals surface area (Å²) in [5.41, 5.74) is 6.68. The van der Waals surface area contributed by atoms with Crippen molar-refractivity contribution in [3.05, 3.63) is 123 Å². The SMILES string of the molecule is C.COc1ccccc1C(C)C.CSc1cccc(C(C)C)n1.Cc1ccc(C(C)C)cc1[N+](=O)[O-].Cc1cccc(C(C)C)n1. The fourth-order valence-corrected chi connectivity index (χ4v) is 4.49. The molecule has 0 saturated carbocycles. The number of ether oxygens (including phenoxy) is 1. The van der Waals surface area contributed by atoms with Gasteiger partial charge in [0.05, 0.1) is 17.1 Å². The van der Waals surface area contributed by atoms with Crippen LogP contribution in [0.15, 0.2) is 83.9 Å². The molecule has 0 radical (unpaired) electrons. The van der Waals surface area contributed by atoms with Gasteiger partial charge in [0, 0.05) is 28.7 Å². The van der Waals surface area contributed by atoms with Gasteiger partial charge >= 0.3 is 0 Å². The highest BCUT2D eigenvalue weighted by atomic mass is 32.2. The number of methoxy groups -OCH3 is 1. The third-order valence-electron chi connectivity index (χ3n) is 6.90. The highest BCUT2D eigenvalue weighted by Crippen LogP contribution is 2.25. The Morgan fingerprint density at radius 3 is 1.72 bits per heavy atom. The first kappa shape index (κ1) is 42.3. The number of nitro groups is 1. The molecule has 0 aliphatic heterocycles. The van der Waals surface area contributed by atoms with Crippen molar-refractivity contribution in [1.29, 1.82) is 0 Å². The van der Waals surface area contributed by atoms with Gasteiger partial charge in [-0.15, -0.1) is 11.8 Å². The van der Waals surface area contributed by atoms with Gasteiger partial charge in [-0.25, -0.2) is 4.98 Å². The predicted molar refractivity (Wildman–Crippen MR) is 199 cm³/mol. The summed E-state index contributed by atoms with van der Waals surface area (Å²) in [5, 5.41) is 11.7. The topological polar surface area (TPSA) is 78.2 Å². The van der Waals surface area contributed by atoms with E-state index in [0.717, 1.165) is 27.6 Å². The maximum atomic E-state index is 10.6. The summed E-state index contributed by atoms with van der Waals surface area (Å²) in [7, 11) is 1.71. The van der Waals surface area contributed by atoms with Crippen LogP contribution >= 0.6 is 11.8 Å². The van der Waals surface area contributed by atoms with E-state index in [0.29, 0.717) is 23.7 Å². The molecule has 0 bridgehead atoms. The van der Waals surface area contributed by atoms with Gasteiger partial charge in [0.15, 0.2) is 0 Å². The number of hydrogen-bond donors (Lipinski definition) is 0. The lowest BCUT2D eigenvalue weighted by atomic mass is 10.0. The second kappa shape index (κ2) is 21.9. The second-order valence-electron chi connectivity index (χ2n) is 12.0. The van der Waals surface area contributed by atoms with Gasteiger partial charge in [-0.1, -0.05) is 105 Å². The van der Waals surface area contributed by atoms with Gasteiger partial charge in [0.1, 0.15) is 5.75 Å². The summed E-state index contributed by atoms with van der Waals surface area (Å²) in [6, 6.07) is 25.8. The monoisotopic (exact) mass is 647 g/mol. The number of pyridine rings is 2. The molecule has 6 nitrogen and oxygen atoms in total. The first-order valence-corrected chi connectivity index (χ1v) is 16.8. The van der Waals surface area contributed by atoms with Crippen LogP contribution < -0.4 is 4.74 Å². The van der Waals surface area contributed by atoms with Crippen LogP contribution in [0.5, 0.6) is 5.75 Å². The zero-order valence-electron chi connectivity index (χ0n) is 29.3. The number of nitrogens with zero attached hydrogens (tertiary/aromatic N) is 3. The average molecular weight is 648 g/mol. The maximum absolute atomic E-state index is 10.6. The van der Waals surface area contributed by atoms with E-state index >= 15 is 0 Å². The number of aryl methyl sites for hydroxylation is 2. The highest BCUT2D eigenvalue weighted by molar-refractivity contribution is 7.98. The van der Waals surface area contributed by atoms with E-state index in [9.17, 15) is 10.1 Å². The van der Waals surface area contributed by atoms with Crippen molar-refractivity contribution in [3.63, 3.8) is 0 Å². The van der Waals surface area contributed by atoms with Crippen LogP contribution in [0.1, 0.15) is 120 Å². The summed E-state index contributed by atoms with van der Waals surface area (Å²) in [6.07, 6.45) is 2.05. The van der Waals surface area contributed by atoms with Crippen molar-refractivity contribution < 1.29 is 9.66 Å². The maximum Gasteiger partial charge on any atom is 0.272 e. The Bertz CT molecular complexity index is 1450. The largest absolute Gasteiger partial charge is 0.496 e. The third-order valence-corrected chi connectivity index (χ3v) is 7.55. The van der Waals surface area contributed by atoms with Gasteiger partial charge in [0.2, 0.25) is 0 Å². The third kappa shape index (κ3) is 15.0. The molecule has 0 spiro atoms. The number of aromatic nitrogens is 2. The van der Waals surface area contributed by atoms with E-state index in [2.05, 4.69) is 81.8 Å². The van der Waals surface area contributed by atoms with Gasteiger partial charge in [-0.3, -0.25) is 15.1 Å². The summed E-state index contributed by atoms with van der Waals surface area (Å²) >= 11 is 1.69. The minimum atomic E-state index is -0.332. The highest BCUT2D eigenvalue weighted by Gasteiger charge is 2.12. The molecule has 0 aliphatic carbocycles. The van der Waals surface area contributed by atoms with Gasteiger partial charge in [-0.05, 0) is 85.2 Å². The number of thioether (sulfide) groups is 1. The van der Waals surface area contributed by atoms with Crippen molar-refractivity contribution in [2.75, 3.05) is 13.4 Å². The zero-order valence-corrected chi connectivity index (χ0v) is 30.1. The molecule has 0 N–H and O–H groups in total. The summed E-state index contributed by atoms with van der Waals surface area (Å²) < 4.78 is 5.21. The number of rotatable bonds is 7. The average Bonchev–Trinajstić information content (AvgIpc) is 3.01. The molecule has 0 atom stereocenters. The van der Waals surface area contributed by atoms with Crippen molar-refractivity contribution in [2.45, 2.75) is 105 Å². The van der Waals surface area contributed by atoms with Crippen molar-refractivity contribution in [1.82, 2.24) is 9.97 Å². The van der Waals surface area contributed by atoms with E-state index in [4.69, 9.17) is 4.74 Å². The number of para-hydroxylation sites is 1. The molecule has 252 valence electrons. The van der Waals surface area contributed by atoms with Crippen LogP contribution in [-0.2, 0) is 0 Å². The number of nitro benzene ring substituents is 1. The molecule has 4 rings (SSSR count). The fraction of sp³-hybridized carbons (Fsp3) is 0.436. The van der Waals surface area contributed by atoms with Gasteiger partial charge in [0.25, 0.3) is 5.69 Å². The second-order valence-corrected chi connectivity index (χ2v) is 12.8. The fourth-order valence-electron chi connectivity index (χ4n) is 4.08. The zero-order chi connectivity index (χ0) is 34.1. The first-order chi connectivity index (χ1) is 21.2. The minimum Gasteiger partial charge on any atom is -0.496 e. The molecule has 4 aromatic rings. The number of benzene rings is 2. The lowest BCUT2D eigenvalue weighted by molar-refractivity contribution is -0.385. The lowest BCUT2D eigenvalue weighted by Gasteiger charge is -2.10. The molecule has 2 aromatic carbocycles. The molecule has 0 aliphatic rings. The first-order valence-electron chi connectivity index (χ1n) is 15.5. The Balaban J connectivity index is 0.000000585. The molecule has 7 heteroatoms. The van der Waals surface area contributed by atoms with Crippen molar-refractivity contribution in [3.8, 4) is 5.75 Å². The Morgan fingerprint density at radius 1 is 0.717 bits per heavy atom. The van der Waals surface area contributed by atoms with E-state index in [1.807, 2.05) is 63.4 Å². The Hall–Kier alpha value is -3.71. The van der Waals surface area contributed by atoms with Gasteiger partial charge in [-0.2, -0.15) is 0 Å². The molecule has 0 unspecified atom stereocenters. The van der Waals surface area contributed by atoms with Gasteiger partial charge < -0.3 is 4.74 Å². The van der Waals surface area contributed by atoms with Crippen LogP contribution in [0.4, 0.5) is 5.69 Å². The number of hydrogen-bond acceptors (Lipinski definition) is 6. The summed E-state index contributed by atoms with van der Waals surface area (Å²) in [4.78, 5) is 19.1. The molecule has 0 saturated heterocycles. The van der Waals surface area contributed by atoms with Crippen LogP contribution in [0.3, 0.4) is 0 Å². The molecule has 0 amide bonds. The molecule has 0 fully saturated rings. The Kier molecular flexibility index (Phi) is 20.2. The van der Waals surface area contributed by atoms with E-state index in [1.54, 1.807) is 37.9 Å². The smallest absolute Gasteiger partial charge is 0.272 e. The molecule has 2 aromatic heterocycles. The lowest BCUT2D eigenvalue weighted by Crippen LogP contribution is -1.94. The van der Waals surface area contributed by atoms with Crippen molar-refractivity contribution in [2.24, 2.45) is 0 Å². The Labute approximate surface area is 283 Å². The van der Waals surface area contributed by atoms with Crippen LogP contribution in [0.25, 0.3) is 0 Å². The molecular weight excluding hydrogens is 591 g/mol.